The minimum Gasteiger partial charge on any atom is -0.463 e. The number of ether oxygens (including phenoxy) is 1. The van der Waals surface area contributed by atoms with E-state index in [1.165, 1.54) is 0 Å². The van der Waals surface area contributed by atoms with Gasteiger partial charge in [-0.3, -0.25) is 0 Å². The molecule has 0 atom stereocenters. The number of allylic oxidation sites excluding steroid dienone is 2. The molecule has 0 rings (SSSR count). The number of hydrogen-bond acceptors (Lipinski definition) is 3. The largest absolute Gasteiger partial charge is 0.463 e. The first-order valence-corrected chi connectivity index (χ1v) is 4.27. The lowest BCUT2D eigenvalue weighted by Crippen LogP contribution is -2.10. The Hall–Kier alpha value is -1.25. The molecule has 0 aliphatic carbocycles. The van der Waals surface area contributed by atoms with E-state index in [0.29, 0.717) is 17.9 Å². The number of esters is 1. The van der Waals surface area contributed by atoms with Crippen LogP contribution in [-0.4, -0.2) is 12.6 Å². The molecular formula is C10H17NO2. The highest BCUT2D eigenvalue weighted by molar-refractivity contribution is 5.89. The molecule has 0 unspecified atom stereocenters. The van der Waals surface area contributed by atoms with Crippen molar-refractivity contribution in [3.63, 3.8) is 0 Å². The second-order valence-electron chi connectivity index (χ2n) is 3.02. The maximum absolute atomic E-state index is 11.2. The zero-order valence-electron chi connectivity index (χ0n) is 8.68. The van der Waals surface area contributed by atoms with Gasteiger partial charge < -0.3 is 10.5 Å². The Bertz CT molecular complexity index is 248. The summed E-state index contributed by atoms with van der Waals surface area (Å²) < 4.78 is 4.80. The lowest BCUT2D eigenvalue weighted by atomic mass is 10.2. The summed E-state index contributed by atoms with van der Waals surface area (Å²) in [5.74, 6) is -0.350. The van der Waals surface area contributed by atoms with E-state index < -0.39 is 0 Å². The summed E-state index contributed by atoms with van der Waals surface area (Å²) in [7, 11) is 0. The zero-order valence-corrected chi connectivity index (χ0v) is 8.68. The van der Waals surface area contributed by atoms with Crippen molar-refractivity contribution in [3.05, 3.63) is 22.9 Å². The highest BCUT2D eigenvalue weighted by atomic mass is 16.5. The van der Waals surface area contributed by atoms with E-state index in [4.69, 9.17) is 10.5 Å². The third-order valence-electron chi connectivity index (χ3n) is 1.46. The van der Waals surface area contributed by atoms with E-state index in [9.17, 15) is 4.79 Å². The van der Waals surface area contributed by atoms with Gasteiger partial charge in [-0.1, -0.05) is 5.57 Å². The Labute approximate surface area is 79.3 Å². The molecule has 0 saturated heterocycles. The van der Waals surface area contributed by atoms with Crippen molar-refractivity contribution in [2.45, 2.75) is 27.7 Å². The fourth-order valence-corrected chi connectivity index (χ4v) is 0.776. The molecule has 0 aromatic carbocycles. The van der Waals surface area contributed by atoms with Gasteiger partial charge in [0, 0.05) is 5.70 Å². The van der Waals surface area contributed by atoms with Gasteiger partial charge in [-0.25, -0.2) is 4.79 Å². The molecule has 0 aromatic rings. The van der Waals surface area contributed by atoms with Crippen LogP contribution >= 0.6 is 0 Å². The predicted molar refractivity (Wildman–Crippen MR) is 53.0 cm³/mol. The number of carbonyl (C=O) groups is 1. The molecule has 0 spiro atoms. The monoisotopic (exact) mass is 183 g/mol. The van der Waals surface area contributed by atoms with Crippen LogP contribution in [0.1, 0.15) is 27.7 Å². The average Bonchev–Trinajstić information content (AvgIpc) is 2.02. The minimum atomic E-state index is -0.350. The summed E-state index contributed by atoms with van der Waals surface area (Å²) in [6.07, 6.45) is 1.76. The molecular weight excluding hydrogens is 166 g/mol. The number of carbonyl (C=O) groups excluding carboxylic acids is 1. The van der Waals surface area contributed by atoms with Crippen LogP contribution in [0.25, 0.3) is 0 Å². The van der Waals surface area contributed by atoms with Crippen molar-refractivity contribution in [1.29, 1.82) is 0 Å². The minimum absolute atomic E-state index is 0.350. The van der Waals surface area contributed by atoms with Crippen LogP contribution in [0, 0.1) is 0 Å². The fourth-order valence-electron chi connectivity index (χ4n) is 0.776. The predicted octanol–water partition coefficient (Wildman–Crippen LogP) is 1.75. The van der Waals surface area contributed by atoms with Gasteiger partial charge in [0.15, 0.2) is 0 Å². The summed E-state index contributed by atoms with van der Waals surface area (Å²) in [5.41, 5.74) is 7.64. The van der Waals surface area contributed by atoms with Gasteiger partial charge in [0.25, 0.3) is 0 Å². The lowest BCUT2D eigenvalue weighted by Gasteiger charge is -2.03. The van der Waals surface area contributed by atoms with E-state index >= 15 is 0 Å². The van der Waals surface area contributed by atoms with Crippen molar-refractivity contribution < 1.29 is 9.53 Å². The average molecular weight is 183 g/mol. The van der Waals surface area contributed by atoms with Crippen LogP contribution in [0.15, 0.2) is 22.9 Å². The van der Waals surface area contributed by atoms with Crippen LogP contribution in [0.4, 0.5) is 0 Å². The Morgan fingerprint density at radius 3 is 2.31 bits per heavy atom. The molecule has 0 fully saturated rings. The van der Waals surface area contributed by atoms with Crippen LogP contribution in [0.3, 0.4) is 0 Å². The standard InChI is InChI=1S/C10H17NO2/c1-5-13-10(12)8(4)9(11)6-7(2)3/h6H,5,11H2,1-4H3/b9-8-. The second-order valence-corrected chi connectivity index (χ2v) is 3.02. The first-order chi connectivity index (χ1) is 5.99. The van der Waals surface area contributed by atoms with Gasteiger partial charge >= 0.3 is 5.97 Å². The molecule has 3 nitrogen and oxygen atoms in total. The Morgan fingerprint density at radius 2 is 1.92 bits per heavy atom. The smallest absolute Gasteiger partial charge is 0.335 e. The fraction of sp³-hybridized carbons (Fsp3) is 0.500. The summed E-state index contributed by atoms with van der Waals surface area (Å²) in [6.45, 7) is 7.64. The number of hydrogen-bond donors (Lipinski definition) is 1. The van der Waals surface area contributed by atoms with Gasteiger partial charge in [-0.05, 0) is 33.8 Å². The van der Waals surface area contributed by atoms with Gasteiger partial charge in [-0.2, -0.15) is 0 Å². The molecule has 2 N–H and O–H groups in total. The quantitative estimate of drug-likeness (QED) is 0.412. The normalized spacial score (nSPS) is 11.7. The van der Waals surface area contributed by atoms with Gasteiger partial charge in [0.05, 0.1) is 12.2 Å². The molecule has 0 bridgehead atoms. The highest BCUT2D eigenvalue weighted by Gasteiger charge is 2.07. The van der Waals surface area contributed by atoms with E-state index in [1.54, 1.807) is 19.9 Å². The van der Waals surface area contributed by atoms with Crippen molar-refractivity contribution in [2.24, 2.45) is 5.73 Å². The first-order valence-electron chi connectivity index (χ1n) is 4.27. The Kier molecular flexibility index (Phi) is 4.89. The van der Waals surface area contributed by atoms with Gasteiger partial charge in [0.2, 0.25) is 0 Å². The molecule has 0 saturated carbocycles. The van der Waals surface area contributed by atoms with Crippen molar-refractivity contribution in [1.82, 2.24) is 0 Å². The first kappa shape index (κ1) is 11.8. The molecule has 74 valence electrons. The third kappa shape index (κ3) is 4.35. The molecule has 0 aromatic heterocycles. The van der Waals surface area contributed by atoms with Gasteiger partial charge in [0.1, 0.15) is 0 Å². The Balaban J connectivity index is 4.61. The molecule has 3 heteroatoms. The highest BCUT2D eigenvalue weighted by Crippen LogP contribution is 2.04. The summed E-state index contributed by atoms with van der Waals surface area (Å²) in [6, 6.07) is 0. The zero-order chi connectivity index (χ0) is 10.4. The molecule has 13 heavy (non-hydrogen) atoms. The second kappa shape index (κ2) is 5.41. The van der Waals surface area contributed by atoms with Crippen LogP contribution in [-0.2, 0) is 9.53 Å². The Morgan fingerprint density at radius 1 is 1.38 bits per heavy atom. The molecule has 0 heterocycles. The number of nitrogens with two attached hydrogens (primary N) is 1. The summed E-state index contributed by atoms with van der Waals surface area (Å²) >= 11 is 0. The van der Waals surface area contributed by atoms with Crippen LogP contribution < -0.4 is 5.73 Å². The van der Waals surface area contributed by atoms with E-state index in [0.717, 1.165) is 5.57 Å². The van der Waals surface area contributed by atoms with Crippen LogP contribution in [0.5, 0.6) is 0 Å². The lowest BCUT2D eigenvalue weighted by molar-refractivity contribution is -0.138. The van der Waals surface area contributed by atoms with E-state index in [1.807, 2.05) is 13.8 Å². The summed E-state index contributed by atoms with van der Waals surface area (Å²) in [5, 5.41) is 0. The van der Waals surface area contributed by atoms with Crippen LogP contribution in [0.2, 0.25) is 0 Å². The maximum atomic E-state index is 11.2. The topological polar surface area (TPSA) is 52.3 Å². The molecule has 0 amide bonds. The number of rotatable bonds is 3. The summed E-state index contributed by atoms with van der Waals surface area (Å²) in [4.78, 5) is 11.2. The van der Waals surface area contributed by atoms with Crippen molar-refractivity contribution in [3.8, 4) is 0 Å². The third-order valence-corrected chi connectivity index (χ3v) is 1.46. The molecule has 0 radical (unpaired) electrons. The molecule has 0 aliphatic rings. The molecule has 0 aliphatic heterocycles. The van der Waals surface area contributed by atoms with E-state index in [-0.39, 0.29) is 5.97 Å². The van der Waals surface area contributed by atoms with Crippen molar-refractivity contribution in [2.75, 3.05) is 6.61 Å². The maximum Gasteiger partial charge on any atom is 0.335 e. The van der Waals surface area contributed by atoms with Crippen molar-refractivity contribution >= 4 is 5.97 Å². The SMILES string of the molecule is CCOC(=O)/C(C)=C(\N)C=C(C)C. The van der Waals surface area contributed by atoms with Gasteiger partial charge in [-0.15, -0.1) is 0 Å². The van der Waals surface area contributed by atoms with E-state index in [2.05, 4.69) is 0 Å².